The smallest absolute Gasteiger partial charge is 0.0543 e. The van der Waals surface area contributed by atoms with Gasteiger partial charge in [0.1, 0.15) is 0 Å². The first-order valence-corrected chi connectivity index (χ1v) is 7.17. The molecule has 0 spiro atoms. The molecule has 0 atom stereocenters. The van der Waals surface area contributed by atoms with Crippen LogP contribution in [0.25, 0.3) is 0 Å². The van der Waals surface area contributed by atoms with E-state index in [4.69, 9.17) is 0 Å². The molecule has 0 aromatic carbocycles. The lowest BCUT2D eigenvalue weighted by atomic mass is 10.1. The van der Waals surface area contributed by atoms with Crippen molar-refractivity contribution in [2.45, 2.75) is 39.3 Å². The highest BCUT2D eigenvalue weighted by atomic mass is 32.2. The molecule has 1 N–H and O–H groups in total. The molecule has 0 bridgehead atoms. The molecule has 4 heteroatoms. The Balaban J connectivity index is 2.30. The lowest BCUT2D eigenvalue weighted by Crippen LogP contribution is -2.22. The van der Waals surface area contributed by atoms with Gasteiger partial charge in [0.05, 0.1) is 11.7 Å². The summed E-state index contributed by atoms with van der Waals surface area (Å²) in [4.78, 5) is 0. The van der Waals surface area contributed by atoms with E-state index in [-0.39, 0.29) is 5.54 Å². The van der Waals surface area contributed by atoms with E-state index in [1.54, 1.807) is 0 Å². The Morgan fingerprint density at radius 2 is 2.19 bits per heavy atom. The summed E-state index contributed by atoms with van der Waals surface area (Å²) in [5.41, 5.74) is 1.34. The van der Waals surface area contributed by atoms with Gasteiger partial charge < -0.3 is 5.32 Å². The zero-order valence-electron chi connectivity index (χ0n) is 10.8. The maximum Gasteiger partial charge on any atom is 0.0543 e. The lowest BCUT2D eigenvalue weighted by molar-refractivity contribution is 0.355. The first-order valence-electron chi connectivity index (χ1n) is 5.77. The molecule has 1 rings (SSSR count). The van der Waals surface area contributed by atoms with Crippen LogP contribution in [0, 0.1) is 0 Å². The fraction of sp³-hybridized carbons (Fsp3) is 0.750. The predicted molar refractivity (Wildman–Crippen MR) is 71.9 cm³/mol. The molecule has 0 amide bonds. The third-order valence-electron chi connectivity index (χ3n) is 2.35. The van der Waals surface area contributed by atoms with E-state index in [0.717, 1.165) is 13.1 Å². The summed E-state index contributed by atoms with van der Waals surface area (Å²) in [6.45, 7) is 8.49. The van der Waals surface area contributed by atoms with Gasteiger partial charge in [0.2, 0.25) is 0 Å². The van der Waals surface area contributed by atoms with Crippen LogP contribution in [0.5, 0.6) is 0 Å². The Hall–Kier alpha value is -0.480. The molecule has 1 heterocycles. The van der Waals surface area contributed by atoms with Gasteiger partial charge in [-0.15, -0.1) is 0 Å². The van der Waals surface area contributed by atoms with E-state index in [2.05, 4.69) is 43.6 Å². The van der Waals surface area contributed by atoms with E-state index in [9.17, 15) is 0 Å². The highest BCUT2D eigenvalue weighted by molar-refractivity contribution is 7.98. The van der Waals surface area contributed by atoms with Gasteiger partial charge in [-0.25, -0.2) is 0 Å². The Morgan fingerprint density at radius 1 is 1.44 bits per heavy atom. The molecular formula is C12H23N3S. The van der Waals surface area contributed by atoms with Crippen molar-refractivity contribution < 1.29 is 0 Å². The predicted octanol–water partition coefficient (Wildman–Crippen LogP) is 2.48. The van der Waals surface area contributed by atoms with E-state index in [1.807, 2.05) is 22.6 Å². The summed E-state index contributed by atoms with van der Waals surface area (Å²) in [5.74, 6) is 1.23. The maximum absolute atomic E-state index is 4.38. The Labute approximate surface area is 103 Å². The molecule has 1 aromatic rings. The summed E-state index contributed by atoms with van der Waals surface area (Å²) in [7, 11) is 0. The fourth-order valence-corrected chi connectivity index (χ4v) is 1.83. The van der Waals surface area contributed by atoms with Gasteiger partial charge in [-0.2, -0.15) is 16.9 Å². The molecular weight excluding hydrogens is 218 g/mol. The van der Waals surface area contributed by atoms with Crippen LogP contribution < -0.4 is 5.32 Å². The summed E-state index contributed by atoms with van der Waals surface area (Å²) in [6, 6.07) is 0. The standard InChI is InChI=1S/C12H23N3S/c1-12(2,3)15-10-11(9-14-15)8-13-6-5-7-16-4/h9-10,13H,5-8H2,1-4H3. The number of rotatable bonds is 6. The first kappa shape index (κ1) is 13.6. The number of aromatic nitrogens is 2. The quantitative estimate of drug-likeness (QED) is 0.776. The molecule has 0 saturated heterocycles. The van der Waals surface area contributed by atoms with Crippen LogP contribution in [-0.2, 0) is 12.1 Å². The van der Waals surface area contributed by atoms with Crippen molar-refractivity contribution in [1.29, 1.82) is 0 Å². The van der Waals surface area contributed by atoms with Crippen LogP contribution in [0.1, 0.15) is 32.8 Å². The Kier molecular flexibility index (Phi) is 5.35. The van der Waals surface area contributed by atoms with Crippen LogP contribution >= 0.6 is 11.8 Å². The number of hydrogen-bond acceptors (Lipinski definition) is 3. The number of nitrogens with one attached hydrogen (secondary N) is 1. The molecule has 0 aliphatic rings. The molecule has 0 aliphatic heterocycles. The average molecular weight is 241 g/mol. The molecule has 92 valence electrons. The zero-order chi connectivity index (χ0) is 12.0. The van der Waals surface area contributed by atoms with Crippen molar-refractivity contribution in [2.24, 2.45) is 0 Å². The summed E-state index contributed by atoms with van der Waals surface area (Å²) < 4.78 is 2.02. The number of thioether (sulfide) groups is 1. The first-order chi connectivity index (χ1) is 7.54. The Bertz CT molecular complexity index is 301. The van der Waals surface area contributed by atoms with Crippen molar-refractivity contribution in [3.63, 3.8) is 0 Å². The van der Waals surface area contributed by atoms with Gasteiger partial charge in [0, 0.05) is 18.3 Å². The minimum absolute atomic E-state index is 0.0805. The van der Waals surface area contributed by atoms with Crippen LogP contribution in [0.3, 0.4) is 0 Å². The molecule has 1 aromatic heterocycles. The van der Waals surface area contributed by atoms with Gasteiger partial charge in [-0.3, -0.25) is 4.68 Å². The highest BCUT2D eigenvalue weighted by Gasteiger charge is 2.13. The van der Waals surface area contributed by atoms with Crippen molar-refractivity contribution in [2.75, 3.05) is 18.6 Å². The minimum atomic E-state index is 0.0805. The van der Waals surface area contributed by atoms with Crippen molar-refractivity contribution in [3.05, 3.63) is 18.0 Å². The van der Waals surface area contributed by atoms with E-state index < -0.39 is 0 Å². The Morgan fingerprint density at radius 3 is 2.75 bits per heavy atom. The molecule has 16 heavy (non-hydrogen) atoms. The molecule has 0 aliphatic carbocycles. The minimum Gasteiger partial charge on any atom is -0.313 e. The summed E-state index contributed by atoms with van der Waals surface area (Å²) in [5, 5.41) is 7.81. The van der Waals surface area contributed by atoms with E-state index >= 15 is 0 Å². The number of nitrogens with zero attached hydrogens (tertiary/aromatic N) is 2. The van der Waals surface area contributed by atoms with Gasteiger partial charge in [0.25, 0.3) is 0 Å². The second kappa shape index (κ2) is 6.30. The van der Waals surface area contributed by atoms with Crippen molar-refractivity contribution >= 4 is 11.8 Å². The monoisotopic (exact) mass is 241 g/mol. The van der Waals surface area contributed by atoms with Crippen molar-refractivity contribution in [3.8, 4) is 0 Å². The highest BCUT2D eigenvalue weighted by Crippen LogP contribution is 2.12. The lowest BCUT2D eigenvalue weighted by Gasteiger charge is -2.18. The zero-order valence-corrected chi connectivity index (χ0v) is 11.6. The third-order valence-corrected chi connectivity index (χ3v) is 3.05. The van der Waals surface area contributed by atoms with Crippen LogP contribution in [-0.4, -0.2) is 28.3 Å². The average Bonchev–Trinajstić information content (AvgIpc) is 2.65. The largest absolute Gasteiger partial charge is 0.313 e. The molecule has 0 unspecified atom stereocenters. The fourth-order valence-electron chi connectivity index (χ4n) is 1.39. The van der Waals surface area contributed by atoms with Crippen LogP contribution in [0.4, 0.5) is 0 Å². The molecule has 0 fully saturated rings. The van der Waals surface area contributed by atoms with Crippen molar-refractivity contribution in [1.82, 2.24) is 15.1 Å². The number of hydrogen-bond donors (Lipinski definition) is 1. The van der Waals surface area contributed by atoms with Gasteiger partial charge in [-0.05, 0) is 45.7 Å². The van der Waals surface area contributed by atoms with E-state index in [1.165, 1.54) is 17.7 Å². The van der Waals surface area contributed by atoms with Gasteiger partial charge >= 0.3 is 0 Å². The van der Waals surface area contributed by atoms with Gasteiger partial charge in [0.15, 0.2) is 0 Å². The second-order valence-electron chi connectivity index (χ2n) is 4.99. The van der Waals surface area contributed by atoms with Gasteiger partial charge in [-0.1, -0.05) is 0 Å². The second-order valence-corrected chi connectivity index (χ2v) is 5.97. The van der Waals surface area contributed by atoms with E-state index in [0.29, 0.717) is 0 Å². The normalized spacial score (nSPS) is 12.0. The van der Waals surface area contributed by atoms with Crippen LogP contribution in [0.2, 0.25) is 0 Å². The van der Waals surface area contributed by atoms with Crippen LogP contribution in [0.15, 0.2) is 12.4 Å². The topological polar surface area (TPSA) is 29.9 Å². The molecule has 0 saturated carbocycles. The SMILES string of the molecule is CSCCCNCc1cnn(C(C)(C)C)c1. The molecule has 0 radical (unpaired) electrons. The summed E-state index contributed by atoms with van der Waals surface area (Å²) in [6.07, 6.45) is 7.45. The summed E-state index contributed by atoms with van der Waals surface area (Å²) >= 11 is 1.90. The maximum atomic E-state index is 4.38. The molecule has 3 nitrogen and oxygen atoms in total. The third kappa shape index (κ3) is 4.58.